The van der Waals surface area contributed by atoms with Crippen molar-refractivity contribution in [2.24, 2.45) is 0 Å². The van der Waals surface area contributed by atoms with Gasteiger partial charge >= 0.3 is 0 Å². The van der Waals surface area contributed by atoms with Gasteiger partial charge in [0.2, 0.25) is 5.95 Å². The van der Waals surface area contributed by atoms with Crippen molar-refractivity contribution >= 4 is 17.2 Å². The standard InChI is InChI=1S/C10H10FN3S/c1-14(5-8-6-15-7-12-8)10-4-2-3-9(11)13-10/h2-4,6-7H,5H2,1H3. The predicted octanol–water partition coefficient (Wildman–Crippen LogP) is 2.31. The zero-order valence-corrected chi connectivity index (χ0v) is 9.04. The number of hydrogen-bond acceptors (Lipinski definition) is 4. The fourth-order valence-corrected chi connectivity index (χ4v) is 1.80. The first-order valence-corrected chi connectivity index (χ1v) is 5.41. The van der Waals surface area contributed by atoms with E-state index in [0.717, 1.165) is 5.69 Å². The molecule has 2 aromatic rings. The van der Waals surface area contributed by atoms with Crippen LogP contribution in [0.25, 0.3) is 0 Å². The Balaban J connectivity index is 2.11. The third-order valence-electron chi connectivity index (χ3n) is 1.97. The van der Waals surface area contributed by atoms with Crippen molar-refractivity contribution in [3.05, 3.63) is 40.7 Å². The molecule has 0 amide bonds. The maximum Gasteiger partial charge on any atom is 0.214 e. The molecule has 2 rings (SSSR count). The molecule has 0 atom stereocenters. The molecule has 0 N–H and O–H groups in total. The summed E-state index contributed by atoms with van der Waals surface area (Å²) in [6.07, 6.45) is 0. The smallest absolute Gasteiger partial charge is 0.214 e. The minimum absolute atomic E-state index is 0.461. The number of thiazole rings is 1. The van der Waals surface area contributed by atoms with Crippen molar-refractivity contribution in [3.63, 3.8) is 0 Å². The summed E-state index contributed by atoms with van der Waals surface area (Å²) >= 11 is 1.55. The summed E-state index contributed by atoms with van der Waals surface area (Å²) in [6.45, 7) is 0.639. The lowest BCUT2D eigenvalue weighted by atomic mass is 10.4. The number of hydrogen-bond donors (Lipinski definition) is 0. The van der Waals surface area contributed by atoms with Gasteiger partial charge in [0.1, 0.15) is 5.82 Å². The van der Waals surface area contributed by atoms with Crippen LogP contribution < -0.4 is 4.90 Å². The Bertz CT molecular complexity index is 430. The SMILES string of the molecule is CN(Cc1cscn1)c1cccc(F)n1. The average molecular weight is 223 g/mol. The van der Waals surface area contributed by atoms with Crippen LogP contribution in [0, 0.1) is 5.95 Å². The molecule has 15 heavy (non-hydrogen) atoms. The molecule has 0 aromatic carbocycles. The average Bonchev–Trinajstić information content (AvgIpc) is 2.70. The van der Waals surface area contributed by atoms with Crippen molar-refractivity contribution < 1.29 is 4.39 Å². The summed E-state index contributed by atoms with van der Waals surface area (Å²) in [6, 6.07) is 4.75. The van der Waals surface area contributed by atoms with Crippen LogP contribution in [0.1, 0.15) is 5.69 Å². The summed E-state index contributed by atoms with van der Waals surface area (Å²) in [5, 5.41) is 1.97. The molecule has 0 fully saturated rings. The van der Waals surface area contributed by atoms with Gasteiger partial charge in [-0.2, -0.15) is 4.39 Å². The lowest BCUT2D eigenvalue weighted by molar-refractivity contribution is 0.582. The first kappa shape index (κ1) is 10.0. The molecule has 0 bridgehead atoms. The molecular weight excluding hydrogens is 213 g/mol. The van der Waals surface area contributed by atoms with E-state index in [1.807, 2.05) is 17.3 Å². The first-order valence-electron chi connectivity index (χ1n) is 4.46. The van der Waals surface area contributed by atoms with Crippen LogP contribution in [-0.2, 0) is 6.54 Å². The van der Waals surface area contributed by atoms with Crippen LogP contribution >= 0.6 is 11.3 Å². The molecule has 0 aliphatic rings. The van der Waals surface area contributed by atoms with Crippen LogP contribution in [-0.4, -0.2) is 17.0 Å². The number of anilines is 1. The fourth-order valence-electron chi connectivity index (χ4n) is 1.25. The molecule has 0 radical (unpaired) electrons. The second kappa shape index (κ2) is 4.35. The second-order valence-corrected chi connectivity index (χ2v) is 3.87. The minimum atomic E-state index is -0.461. The van der Waals surface area contributed by atoms with Gasteiger partial charge in [-0.3, -0.25) is 0 Å². The van der Waals surface area contributed by atoms with Gasteiger partial charge in [-0.15, -0.1) is 11.3 Å². The van der Waals surface area contributed by atoms with Crippen LogP contribution in [0.4, 0.5) is 10.2 Å². The number of nitrogens with zero attached hydrogens (tertiary/aromatic N) is 3. The summed E-state index contributed by atoms with van der Waals surface area (Å²) in [4.78, 5) is 9.81. The molecule has 3 nitrogen and oxygen atoms in total. The summed E-state index contributed by atoms with van der Waals surface area (Å²) in [5.74, 6) is 0.153. The fraction of sp³-hybridized carbons (Fsp3) is 0.200. The Morgan fingerprint density at radius 2 is 2.33 bits per heavy atom. The van der Waals surface area contributed by atoms with E-state index in [1.165, 1.54) is 6.07 Å². The van der Waals surface area contributed by atoms with Crippen LogP contribution in [0.5, 0.6) is 0 Å². The zero-order chi connectivity index (χ0) is 10.7. The largest absolute Gasteiger partial charge is 0.354 e. The molecule has 0 saturated heterocycles. The van der Waals surface area contributed by atoms with Crippen LogP contribution in [0.15, 0.2) is 29.1 Å². The van der Waals surface area contributed by atoms with E-state index in [0.29, 0.717) is 12.4 Å². The minimum Gasteiger partial charge on any atom is -0.354 e. The topological polar surface area (TPSA) is 29.0 Å². The van der Waals surface area contributed by atoms with Crippen molar-refractivity contribution in [2.45, 2.75) is 6.54 Å². The maximum atomic E-state index is 12.9. The normalized spacial score (nSPS) is 10.3. The summed E-state index contributed by atoms with van der Waals surface area (Å²) < 4.78 is 12.9. The Kier molecular flexibility index (Phi) is 2.91. The Morgan fingerprint density at radius 1 is 1.47 bits per heavy atom. The van der Waals surface area contributed by atoms with Crippen LogP contribution in [0.3, 0.4) is 0 Å². The predicted molar refractivity (Wildman–Crippen MR) is 58.4 cm³/mol. The van der Waals surface area contributed by atoms with Gasteiger partial charge in [-0.25, -0.2) is 9.97 Å². The van der Waals surface area contributed by atoms with Gasteiger partial charge in [-0.1, -0.05) is 6.07 Å². The van der Waals surface area contributed by atoms with Crippen molar-refractivity contribution in [2.75, 3.05) is 11.9 Å². The summed E-state index contributed by atoms with van der Waals surface area (Å²) in [7, 11) is 1.86. The van der Waals surface area contributed by atoms with Crippen LogP contribution in [0.2, 0.25) is 0 Å². The molecule has 0 unspecified atom stereocenters. The number of aromatic nitrogens is 2. The highest BCUT2D eigenvalue weighted by atomic mass is 32.1. The molecule has 0 spiro atoms. The second-order valence-electron chi connectivity index (χ2n) is 3.15. The highest BCUT2D eigenvalue weighted by molar-refractivity contribution is 7.07. The van der Waals surface area contributed by atoms with E-state index < -0.39 is 5.95 Å². The van der Waals surface area contributed by atoms with Gasteiger partial charge in [0.15, 0.2) is 0 Å². The van der Waals surface area contributed by atoms with E-state index in [2.05, 4.69) is 9.97 Å². The lowest BCUT2D eigenvalue weighted by Gasteiger charge is -2.16. The Hall–Kier alpha value is -1.49. The van der Waals surface area contributed by atoms with E-state index in [4.69, 9.17) is 0 Å². The quantitative estimate of drug-likeness (QED) is 0.748. The number of halogens is 1. The Morgan fingerprint density at radius 3 is 3.00 bits per heavy atom. The third-order valence-corrected chi connectivity index (χ3v) is 2.61. The molecule has 0 aliphatic heterocycles. The summed E-state index contributed by atoms with van der Waals surface area (Å²) in [5.41, 5.74) is 2.75. The Labute approximate surface area is 91.2 Å². The van der Waals surface area contributed by atoms with E-state index >= 15 is 0 Å². The van der Waals surface area contributed by atoms with E-state index in [1.54, 1.807) is 29.0 Å². The van der Waals surface area contributed by atoms with Crippen molar-refractivity contribution in [1.82, 2.24) is 9.97 Å². The molecular formula is C10H10FN3S. The van der Waals surface area contributed by atoms with Gasteiger partial charge in [-0.05, 0) is 12.1 Å². The highest BCUT2D eigenvalue weighted by Gasteiger charge is 2.05. The monoisotopic (exact) mass is 223 g/mol. The van der Waals surface area contributed by atoms with Gasteiger partial charge in [0, 0.05) is 12.4 Å². The van der Waals surface area contributed by atoms with Gasteiger partial charge < -0.3 is 4.90 Å². The number of pyridine rings is 1. The molecule has 2 aromatic heterocycles. The van der Waals surface area contributed by atoms with Crippen molar-refractivity contribution in [1.29, 1.82) is 0 Å². The van der Waals surface area contributed by atoms with E-state index in [-0.39, 0.29) is 0 Å². The lowest BCUT2D eigenvalue weighted by Crippen LogP contribution is -2.18. The zero-order valence-electron chi connectivity index (χ0n) is 8.22. The molecule has 2 heterocycles. The first-order chi connectivity index (χ1) is 7.25. The third kappa shape index (κ3) is 2.50. The molecule has 0 saturated carbocycles. The van der Waals surface area contributed by atoms with Gasteiger partial charge in [0.05, 0.1) is 17.7 Å². The molecule has 78 valence electrons. The molecule has 0 aliphatic carbocycles. The molecule has 5 heteroatoms. The number of rotatable bonds is 3. The highest BCUT2D eigenvalue weighted by Crippen LogP contribution is 2.12. The van der Waals surface area contributed by atoms with Crippen molar-refractivity contribution in [3.8, 4) is 0 Å². The maximum absolute atomic E-state index is 12.9. The van der Waals surface area contributed by atoms with E-state index in [9.17, 15) is 4.39 Å². The van der Waals surface area contributed by atoms with Gasteiger partial charge in [0.25, 0.3) is 0 Å².